The summed E-state index contributed by atoms with van der Waals surface area (Å²) in [5.74, 6) is 1.52. The molecule has 0 amide bonds. The van der Waals surface area contributed by atoms with Gasteiger partial charge in [0, 0.05) is 0 Å². The number of rotatable bonds is 5. The number of hydrogen-bond acceptors (Lipinski definition) is 1. The first kappa shape index (κ1) is 11.8. The minimum atomic E-state index is 0.516. The summed E-state index contributed by atoms with van der Waals surface area (Å²) in [6, 6.07) is 6.44. The minimum Gasteiger partial charge on any atom is -0.494 e. The van der Waals surface area contributed by atoms with E-state index >= 15 is 0 Å². The van der Waals surface area contributed by atoms with E-state index in [2.05, 4.69) is 38.6 Å². The van der Waals surface area contributed by atoms with Gasteiger partial charge in [-0.1, -0.05) is 25.1 Å². The lowest BCUT2D eigenvalue weighted by Crippen LogP contribution is -1.97. The highest BCUT2D eigenvalue weighted by molar-refractivity contribution is 5.38. The molecule has 0 bridgehead atoms. The Labute approximate surface area is 92.8 Å². The van der Waals surface area contributed by atoms with Crippen LogP contribution in [0.4, 0.5) is 0 Å². The molecule has 0 aliphatic heterocycles. The molecule has 82 valence electrons. The van der Waals surface area contributed by atoms with E-state index in [1.54, 1.807) is 0 Å². The fraction of sp³-hybridized carbons (Fsp3) is 0.429. The van der Waals surface area contributed by atoms with Crippen LogP contribution in [0.5, 0.6) is 5.75 Å². The third kappa shape index (κ3) is 3.12. The second-order valence-electron chi connectivity index (χ2n) is 3.88. The van der Waals surface area contributed by atoms with Crippen LogP contribution in [0.15, 0.2) is 30.9 Å². The molecule has 0 heterocycles. The minimum absolute atomic E-state index is 0.516. The van der Waals surface area contributed by atoms with Crippen LogP contribution in [0.2, 0.25) is 0 Å². The van der Waals surface area contributed by atoms with E-state index < -0.39 is 0 Å². The summed E-state index contributed by atoms with van der Waals surface area (Å²) in [7, 11) is 0. The van der Waals surface area contributed by atoms with Crippen LogP contribution >= 0.6 is 0 Å². The summed E-state index contributed by atoms with van der Waals surface area (Å²) in [4.78, 5) is 0. The third-order valence-corrected chi connectivity index (χ3v) is 2.60. The Morgan fingerprint density at radius 3 is 2.80 bits per heavy atom. The van der Waals surface area contributed by atoms with Gasteiger partial charge < -0.3 is 4.74 Å². The summed E-state index contributed by atoms with van der Waals surface area (Å²) in [6.07, 6.45) is 2.97. The van der Waals surface area contributed by atoms with Crippen LogP contribution < -0.4 is 4.74 Å². The molecule has 0 aromatic heterocycles. The zero-order valence-electron chi connectivity index (χ0n) is 9.92. The van der Waals surface area contributed by atoms with Gasteiger partial charge in [0.2, 0.25) is 0 Å². The van der Waals surface area contributed by atoms with E-state index in [9.17, 15) is 0 Å². The molecule has 0 saturated carbocycles. The molecule has 1 aromatic carbocycles. The second kappa shape index (κ2) is 5.59. The highest BCUT2D eigenvalue weighted by Crippen LogP contribution is 2.26. The number of allylic oxidation sites excluding steroid dienone is 1. The molecule has 0 aliphatic rings. The van der Waals surface area contributed by atoms with Crippen molar-refractivity contribution in [1.29, 1.82) is 0 Å². The van der Waals surface area contributed by atoms with E-state index in [1.807, 2.05) is 13.0 Å². The quantitative estimate of drug-likeness (QED) is 0.657. The Morgan fingerprint density at radius 1 is 1.47 bits per heavy atom. The Kier molecular flexibility index (Phi) is 4.41. The van der Waals surface area contributed by atoms with Gasteiger partial charge in [0.25, 0.3) is 0 Å². The molecule has 1 nitrogen and oxygen atoms in total. The zero-order chi connectivity index (χ0) is 11.3. The van der Waals surface area contributed by atoms with E-state index in [0.717, 1.165) is 18.8 Å². The van der Waals surface area contributed by atoms with Crippen molar-refractivity contribution in [2.75, 3.05) is 6.61 Å². The van der Waals surface area contributed by atoms with Crippen LogP contribution in [0.1, 0.15) is 37.3 Å². The predicted molar refractivity (Wildman–Crippen MR) is 65.6 cm³/mol. The molecule has 1 unspecified atom stereocenters. The topological polar surface area (TPSA) is 9.23 Å². The van der Waals surface area contributed by atoms with E-state index in [1.165, 1.54) is 11.1 Å². The van der Waals surface area contributed by atoms with E-state index in [0.29, 0.717) is 5.92 Å². The zero-order valence-corrected chi connectivity index (χ0v) is 9.92. The third-order valence-electron chi connectivity index (χ3n) is 2.60. The predicted octanol–water partition coefficient (Wildman–Crippen LogP) is 4.07. The highest BCUT2D eigenvalue weighted by Gasteiger charge is 2.06. The Hall–Kier alpha value is -1.24. The van der Waals surface area contributed by atoms with Gasteiger partial charge in [-0.2, -0.15) is 0 Å². The molecule has 0 saturated heterocycles. The Bertz CT molecular complexity index is 328. The summed E-state index contributed by atoms with van der Waals surface area (Å²) >= 11 is 0. The van der Waals surface area contributed by atoms with Crippen molar-refractivity contribution in [3.63, 3.8) is 0 Å². The summed E-state index contributed by atoms with van der Waals surface area (Å²) in [5, 5.41) is 0. The molecular weight excluding hydrogens is 184 g/mol. The maximum atomic E-state index is 5.58. The standard InChI is InChI=1S/C14H20O/c1-5-7-11(3)13-9-8-12(4)14(10-13)15-6-2/h5,8-11H,1,6-7H2,2-4H3. The first-order chi connectivity index (χ1) is 7.19. The second-order valence-corrected chi connectivity index (χ2v) is 3.88. The van der Waals surface area contributed by atoms with Crippen LogP contribution in [-0.4, -0.2) is 6.61 Å². The maximum Gasteiger partial charge on any atom is 0.122 e. The number of ether oxygens (including phenoxy) is 1. The van der Waals surface area contributed by atoms with Gasteiger partial charge >= 0.3 is 0 Å². The molecule has 0 radical (unpaired) electrons. The van der Waals surface area contributed by atoms with Crippen molar-refractivity contribution in [2.24, 2.45) is 0 Å². The van der Waals surface area contributed by atoms with Crippen molar-refractivity contribution in [3.05, 3.63) is 42.0 Å². The smallest absolute Gasteiger partial charge is 0.122 e. The van der Waals surface area contributed by atoms with E-state index in [4.69, 9.17) is 4.74 Å². The van der Waals surface area contributed by atoms with Gasteiger partial charge in [-0.15, -0.1) is 6.58 Å². The molecule has 0 N–H and O–H groups in total. The molecule has 0 aliphatic carbocycles. The molecular formula is C14H20O. The van der Waals surface area contributed by atoms with Gasteiger partial charge in [0.1, 0.15) is 5.75 Å². The van der Waals surface area contributed by atoms with Gasteiger partial charge in [-0.05, 0) is 43.4 Å². The van der Waals surface area contributed by atoms with Crippen molar-refractivity contribution >= 4 is 0 Å². The average molecular weight is 204 g/mol. The fourth-order valence-corrected chi connectivity index (χ4v) is 1.62. The van der Waals surface area contributed by atoms with Gasteiger partial charge in [-0.3, -0.25) is 0 Å². The number of hydrogen-bond donors (Lipinski definition) is 0. The summed E-state index contributed by atoms with van der Waals surface area (Å²) in [5.41, 5.74) is 2.52. The van der Waals surface area contributed by atoms with Crippen molar-refractivity contribution in [3.8, 4) is 5.75 Å². The van der Waals surface area contributed by atoms with Gasteiger partial charge in [0.15, 0.2) is 0 Å². The lowest BCUT2D eigenvalue weighted by atomic mass is 9.96. The van der Waals surface area contributed by atoms with Crippen molar-refractivity contribution in [1.82, 2.24) is 0 Å². The largest absolute Gasteiger partial charge is 0.494 e. The van der Waals surface area contributed by atoms with Crippen molar-refractivity contribution < 1.29 is 4.74 Å². The first-order valence-corrected chi connectivity index (χ1v) is 5.53. The highest BCUT2D eigenvalue weighted by atomic mass is 16.5. The molecule has 1 heteroatoms. The molecule has 15 heavy (non-hydrogen) atoms. The number of aryl methyl sites for hydroxylation is 1. The first-order valence-electron chi connectivity index (χ1n) is 5.53. The normalized spacial score (nSPS) is 12.2. The van der Waals surface area contributed by atoms with Crippen molar-refractivity contribution in [2.45, 2.75) is 33.1 Å². The maximum absolute atomic E-state index is 5.58. The van der Waals surface area contributed by atoms with Crippen LogP contribution in [0.25, 0.3) is 0 Å². The summed E-state index contributed by atoms with van der Waals surface area (Å²) < 4.78 is 5.58. The molecule has 0 spiro atoms. The SMILES string of the molecule is C=CCC(C)c1ccc(C)c(OCC)c1. The van der Waals surface area contributed by atoms with Gasteiger partial charge in [-0.25, -0.2) is 0 Å². The lowest BCUT2D eigenvalue weighted by Gasteiger charge is -2.13. The van der Waals surface area contributed by atoms with Gasteiger partial charge in [0.05, 0.1) is 6.61 Å². The van der Waals surface area contributed by atoms with Crippen LogP contribution in [0.3, 0.4) is 0 Å². The van der Waals surface area contributed by atoms with E-state index in [-0.39, 0.29) is 0 Å². The molecule has 1 rings (SSSR count). The molecule has 1 atom stereocenters. The number of benzene rings is 1. The fourth-order valence-electron chi connectivity index (χ4n) is 1.62. The Morgan fingerprint density at radius 2 is 2.20 bits per heavy atom. The molecule has 0 fully saturated rings. The lowest BCUT2D eigenvalue weighted by molar-refractivity contribution is 0.337. The van der Waals surface area contributed by atoms with Crippen LogP contribution in [-0.2, 0) is 0 Å². The van der Waals surface area contributed by atoms with Crippen LogP contribution in [0, 0.1) is 6.92 Å². The Balaban J connectivity index is 2.90. The summed E-state index contributed by atoms with van der Waals surface area (Å²) in [6.45, 7) is 10.8. The molecule has 1 aromatic rings. The average Bonchev–Trinajstić information content (AvgIpc) is 2.22. The monoisotopic (exact) mass is 204 g/mol.